The smallest absolute Gasteiger partial charge is 0.380 e. The number of carbonyl (C=O) groups is 1. The fourth-order valence-electron chi connectivity index (χ4n) is 3.41. The molecule has 1 fully saturated rings. The number of thiazole rings is 1. The summed E-state index contributed by atoms with van der Waals surface area (Å²) in [5.41, 5.74) is 0.501. The van der Waals surface area contributed by atoms with Crippen LogP contribution in [0.15, 0.2) is 35.8 Å². The lowest BCUT2D eigenvalue weighted by molar-refractivity contribution is -0.137. The Labute approximate surface area is 163 Å². The van der Waals surface area contributed by atoms with Crippen molar-refractivity contribution in [2.45, 2.75) is 25.1 Å². The van der Waals surface area contributed by atoms with E-state index in [2.05, 4.69) is 4.98 Å². The zero-order chi connectivity index (χ0) is 19.9. The van der Waals surface area contributed by atoms with Gasteiger partial charge in [0, 0.05) is 37.3 Å². The maximum absolute atomic E-state index is 13.0. The van der Waals surface area contributed by atoms with Crippen LogP contribution in [0.2, 0.25) is 0 Å². The number of hydrogen-bond donors (Lipinski definition) is 0. The Kier molecular flexibility index (Phi) is 4.88. The Morgan fingerprint density at radius 2 is 2.18 bits per heavy atom. The van der Waals surface area contributed by atoms with Gasteiger partial charge in [-0.1, -0.05) is 12.1 Å². The quantitative estimate of drug-likeness (QED) is 0.647. The largest absolute Gasteiger partial charge is 0.416 e. The molecule has 1 unspecified atom stereocenters. The molecule has 1 saturated heterocycles. The first kappa shape index (κ1) is 18.9. The van der Waals surface area contributed by atoms with E-state index in [-0.39, 0.29) is 12.0 Å². The molecule has 2 aromatic heterocycles. The molecule has 5 nitrogen and oxygen atoms in total. The Morgan fingerprint density at radius 1 is 1.36 bits per heavy atom. The van der Waals surface area contributed by atoms with E-state index < -0.39 is 11.7 Å². The third-order valence-corrected chi connectivity index (χ3v) is 5.75. The molecule has 28 heavy (non-hydrogen) atoms. The summed E-state index contributed by atoms with van der Waals surface area (Å²) < 4.78 is 46.0. The van der Waals surface area contributed by atoms with E-state index in [9.17, 15) is 18.0 Å². The Hall–Kier alpha value is -2.39. The summed E-state index contributed by atoms with van der Waals surface area (Å²) in [5, 5.41) is 1.73. The van der Waals surface area contributed by atoms with Crippen molar-refractivity contribution in [1.29, 1.82) is 0 Å². The number of rotatable bonds is 3. The van der Waals surface area contributed by atoms with Crippen LogP contribution in [-0.2, 0) is 10.9 Å². The van der Waals surface area contributed by atoms with Gasteiger partial charge in [0.2, 0.25) is 0 Å². The number of benzene rings is 1. The molecule has 1 atom stereocenters. The first-order chi connectivity index (χ1) is 13.4. The number of piperidine rings is 1. The minimum absolute atomic E-state index is 0.0234. The van der Waals surface area contributed by atoms with Gasteiger partial charge < -0.3 is 9.64 Å². The Morgan fingerprint density at radius 3 is 2.93 bits per heavy atom. The maximum atomic E-state index is 13.0. The van der Waals surface area contributed by atoms with Crippen LogP contribution < -0.4 is 0 Å². The van der Waals surface area contributed by atoms with Gasteiger partial charge in [-0.2, -0.15) is 13.2 Å². The van der Waals surface area contributed by atoms with E-state index in [1.54, 1.807) is 34.1 Å². The summed E-state index contributed by atoms with van der Waals surface area (Å²) in [6, 6.07) is 5.04. The van der Waals surface area contributed by atoms with E-state index in [4.69, 9.17) is 4.74 Å². The number of likely N-dealkylation sites (tertiary alicyclic amines) is 1. The van der Waals surface area contributed by atoms with Gasteiger partial charge in [-0.05, 0) is 25.0 Å². The van der Waals surface area contributed by atoms with Crippen molar-refractivity contribution < 1.29 is 22.7 Å². The minimum atomic E-state index is -4.42. The number of alkyl halides is 3. The van der Waals surface area contributed by atoms with Crippen LogP contribution in [0.4, 0.5) is 13.2 Å². The first-order valence-corrected chi connectivity index (χ1v) is 9.71. The topological polar surface area (TPSA) is 46.8 Å². The number of ether oxygens (including phenoxy) is 1. The predicted molar refractivity (Wildman–Crippen MR) is 99.4 cm³/mol. The van der Waals surface area contributed by atoms with Crippen LogP contribution in [0, 0.1) is 0 Å². The van der Waals surface area contributed by atoms with Crippen LogP contribution in [0.25, 0.3) is 16.2 Å². The second kappa shape index (κ2) is 7.21. The summed E-state index contributed by atoms with van der Waals surface area (Å²) in [7, 11) is 1.64. The highest BCUT2D eigenvalue weighted by molar-refractivity contribution is 7.15. The molecule has 9 heteroatoms. The second-order valence-electron chi connectivity index (χ2n) is 6.73. The van der Waals surface area contributed by atoms with Gasteiger partial charge in [-0.15, -0.1) is 11.3 Å². The highest BCUT2D eigenvalue weighted by Gasteiger charge is 2.31. The molecule has 4 rings (SSSR count). The summed E-state index contributed by atoms with van der Waals surface area (Å²) in [6.07, 6.45) is -0.983. The van der Waals surface area contributed by atoms with E-state index in [0.717, 1.165) is 25.0 Å². The van der Waals surface area contributed by atoms with Gasteiger partial charge in [0.05, 0.1) is 17.4 Å². The Balaban J connectivity index is 1.65. The molecule has 0 aliphatic carbocycles. The number of fused-ring (bicyclic) bond motifs is 1. The number of nitrogens with zero attached hydrogens (tertiary/aromatic N) is 3. The van der Waals surface area contributed by atoms with Crippen LogP contribution in [-0.4, -0.2) is 46.5 Å². The molecule has 3 aromatic rings. The van der Waals surface area contributed by atoms with Crippen LogP contribution in [0.5, 0.6) is 0 Å². The molecule has 0 spiro atoms. The molecular formula is C19H18F3N3O2S. The van der Waals surface area contributed by atoms with E-state index in [0.29, 0.717) is 35.0 Å². The SMILES string of the molecule is COC1CCCN(C(=O)c2csc3nc(-c4cccc(C(F)(F)F)c4)cn23)C1. The molecule has 0 bridgehead atoms. The fraction of sp³-hybridized carbons (Fsp3) is 0.368. The highest BCUT2D eigenvalue weighted by Crippen LogP contribution is 2.32. The number of halogens is 3. The van der Waals surface area contributed by atoms with Gasteiger partial charge in [-0.3, -0.25) is 9.20 Å². The molecule has 148 valence electrons. The van der Waals surface area contributed by atoms with Gasteiger partial charge in [0.25, 0.3) is 5.91 Å². The fourth-order valence-corrected chi connectivity index (χ4v) is 4.26. The normalized spacial score (nSPS) is 18.0. The van der Waals surface area contributed by atoms with Crippen molar-refractivity contribution in [3.63, 3.8) is 0 Å². The summed E-state index contributed by atoms with van der Waals surface area (Å²) in [5.74, 6) is -0.124. The predicted octanol–water partition coefficient (Wildman–Crippen LogP) is 4.33. The molecule has 1 aliphatic rings. The number of imidazole rings is 1. The van der Waals surface area contributed by atoms with Crippen molar-refractivity contribution in [3.8, 4) is 11.3 Å². The van der Waals surface area contributed by atoms with Gasteiger partial charge in [0.1, 0.15) is 5.69 Å². The van der Waals surface area contributed by atoms with E-state index in [1.807, 2.05) is 0 Å². The van der Waals surface area contributed by atoms with Crippen LogP contribution >= 0.6 is 11.3 Å². The molecule has 1 aromatic carbocycles. The third-order valence-electron chi connectivity index (χ3n) is 4.91. The van der Waals surface area contributed by atoms with E-state index in [1.165, 1.54) is 17.4 Å². The van der Waals surface area contributed by atoms with Crippen molar-refractivity contribution in [1.82, 2.24) is 14.3 Å². The molecule has 1 amide bonds. The van der Waals surface area contributed by atoms with Crippen molar-refractivity contribution in [2.75, 3.05) is 20.2 Å². The molecular weight excluding hydrogens is 391 g/mol. The lowest BCUT2D eigenvalue weighted by atomic mass is 10.1. The maximum Gasteiger partial charge on any atom is 0.416 e. The Bertz CT molecular complexity index is 1010. The molecule has 1 aliphatic heterocycles. The van der Waals surface area contributed by atoms with Crippen molar-refractivity contribution >= 4 is 22.2 Å². The van der Waals surface area contributed by atoms with Gasteiger partial charge >= 0.3 is 6.18 Å². The molecule has 3 heterocycles. The molecule has 0 radical (unpaired) electrons. The summed E-state index contributed by atoms with van der Waals surface area (Å²) in [4.78, 5) is 19.7. The number of carbonyl (C=O) groups excluding carboxylic acids is 1. The van der Waals surface area contributed by atoms with E-state index >= 15 is 0 Å². The van der Waals surface area contributed by atoms with Gasteiger partial charge in [0.15, 0.2) is 4.96 Å². The average molecular weight is 409 g/mol. The number of hydrogen-bond acceptors (Lipinski definition) is 4. The van der Waals surface area contributed by atoms with Gasteiger partial charge in [-0.25, -0.2) is 4.98 Å². The van der Waals surface area contributed by atoms with Crippen molar-refractivity contribution in [3.05, 3.63) is 47.1 Å². The number of amides is 1. The zero-order valence-electron chi connectivity index (χ0n) is 15.1. The first-order valence-electron chi connectivity index (χ1n) is 8.83. The number of methoxy groups -OCH3 is 1. The lowest BCUT2D eigenvalue weighted by Crippen LogP contribution is -2.43. The average Bonchev–Trinajstić information content (AvgIpc) is 3.28. The summed E-state index contributed by atoms with van der Waals surface area (Å²) in [6.45, 7) is 1.19. The minimum Gasteiger partial charge on any atom is -0.380 e. The van der Waals surface area contributed by atoms with Crippen LogP contribution in [0.3, 0.4) is 0 Å². The van der Waals surface area contributed by atoms with Crippen molar-refractivity contribution in [2.24, 2.45) is 0 Å². The third kappa shape index (κ3) is 3.51. The molecule has 0 saturated carbocycles. The second-order valence-corrected chi connectivity index (χ2v) is 7.57. The number of aromatic nitrogens is 2. The monoisotopic (exact) mass is 409 g/mol. The van der Waals surface area contributed by atoms with Crippen LogP contribution in [0.1, 0.15) is 28.9 Å². The summed E-state index contributed by atoms with van der Waals surface area (Å²) >= 11 is 1.29. The zero-order valence-corrected chi connectivity index (χ0v) is 15.9. The molecule has 0 N–H and O–H groups in total. The standard InChI is InChI=1S/C19H18F3N3O2S/c1-27-14-6-3-7-24(9-14)17(26)16-11-28-18-23-15(10-25(16)18)12-4-2-5-13(8-12)19(20,21)22/h2,4-5,8,10-11,14H,3,6-7,9H2,1H3. The lowest BCUT2D eigenvalue weighted by Gasteiger charge is -2.31. The highest BCUT2D eigenvalue weighted by atomic mass is 32.1.